The number of anilines is 1. The largest absolute Gasteiger partial charge is 0.381 e. The summed E-state index contributed by atoms with van der Waals surface area (Å²) in [6.45, 7) is 0. The monoisotopic (exact) mass is 344 g/mol. The molecule has 102 valence electrons. The van der Waals surface area contributed by atoms with E-state index in [4.69, 9.17) is 5.73 Å². The van der Waals surface area contributed by atoms with E-state index in [1.54, 1.807) is 23.0 Å². The van der Waals surface area contributed by atoms with Gasteiger partial charge in [0.25, 0.3) is 0 Å². The lowest BCUT2D eigenvalue weighted by atomic mass is 10.3. The molecular weight excluding hydrogens is 332 g/mol. The number of benzene rings is 1. The minimum atomic E-state index is -3.41. The lowest BCUT2D eigenvalue weighted by Gasteiger charge is -2.11. The summed E-state index contributed by atoms with van der Waals surface area (Å²) in [4.78, 5) is 0.237. The summed E-state index contributed by atoms with van der Waals surface area (Å²) in [7, 11) is -0.420. The highest BCUT2D eigenvalue weighted by molar-refractivity contribution is 9.10. The Bertz CT molecular complexity index is 672. The van der Waals surface area contributed by atoms with Crippen LogP contribution in [0.5, 0.6) is 0 Å². The Balaban J connectivity index is 2.39. The van der Waals surface area contributed by atoms with Crippen molar-refractivity contribution in [2.75, 3.05) is 19.8 Å². The molecule has 2 rings (SSSR count). The lowest BCUT2D eigenvalue weighted by Crippen LogP contribution is -2.22. The third-order valence-electron chi connectivity index (χ3n) is 2.58. The normalized spacial score (nSPS) is 12.0. The zero-order valence-electron chi connectivity index (χ0n) is 10.4. The smallest absolute Gasteiger partial charge is 0.242 e. The third kappa shape index (κ3) is 2.65. The molecule has 0 bridgehead atoms. The molecule has 0 aliphatic heterocycles. The number of nitrogen functional groups attached to an aromatic ring is 1. The average molecular weight is 345 g/mol. The first-order chi connectivity index (χ1) is 8.82. The number of rotatable bonds is 3. The number of hydrogen-bond acceptors (Lipinski definition) is 4. The minimum absolute atomic E-state index is 0.237. The van der Waals surface area contributed by atoms with Gasteiger partial charge in [-0.25, -0.2) is 17.4 Å². The van der Waals surface area contributed by atoms with E-state index in [0.717, 1.165) is 5.69 Å². The van der Waals surface area contributed by atoms with Gasteiger partial charge in [-0.15, -0.1) is 5.10 Å². The summed E-state index contributed by atoms with van der Waals surface area (Å²) in [6, 6.07) is 6.43. The number of halogens is 1. The molecule has 0 atom stereocenters. The Kier molecular flexibility index (Phi) is 3.66. The molecule has 0 radical (unpaired) electrons. The van der Waals surface area contributed by atoms with Gasteiger partial charge in [0.2, 0.25) is 10.0 Å². The predicted octanol–water partition coefficient (Wildman–Crippen LogP) is 1.47. The van der Waals surface area contributed by atoms with Crippen molar-refractivity contribution in [3.63, 3.8) is 0 Å². The van der Waals surface area contributed by atoms with Crippen molar-refractivity contribution in [2.45, 2.75) is 4.90 Å². The number of hydrogen-bond donors (Lipinski definition) is 1. The molecule has 0 spiro atoms. The van der Waals surface area contributed by atoms with E-state index >= 15 is 0 Å². The van der Waals surface area contributed by atoms with Crippen LogP contribution in [-0.2, 0) is 10.0 Å². The molecule has 1 heterocycles. The highest BCUT2D eigenvalue weighted by Crippen LogP contribution is 2.21. The molecule has 8 heteroatoms. The molecule has 19 heavy (non-hydrogen) atoms. The van der Waals surface area contributed by atoms with E-state index in [9.17, 15) is 8.42 Å². The van der Waals surface area contributed by atoms with Crippen LogP contribution in [-0.4, -0.2) is 36.6 Å². The molecular formula is C11H13BrN4O2S. The van der Waals surface area contributed by atoms with Crippen molar-refractivity contribution < 1.29 is 8.42 Å². The second-order valence-electron chi connectivity index (χ2n) is 4.09. The Morgan fingerprint density at radius 3 is 2.26 bits per heavy atom. The molecule has 1 aromatic heterocycles. The van der Waals surface area contributed by atoms with Crippen LogP contribution in [0.25, 0.3) is 5.69 Å². The van der Waals surface area contributed by atoms with Crippen molar-refractivity contribution in [2.24, 2.45) is 0 Å². The summed E-state index contributed by atoms with van der Waals surface area (Å²) < 4.78 is 27.3. The SMILES string of the molecule is CN(C)S(=O)(=O)c1ccc(-n2cc(Br)c(N)n2)cc1. The van der Waals surface area contributed by atoms with E-state index in [2.05, 4.69) is 21.0 Å². The number of sulfonamides is 1. The standard InChI is InChI=1S/C11H13BrN4O2S/c1-15(2)19(17,18)9-5-3-8(4-6-9)16-7-10(12)11(13)14-16/h3-7H,1-2H3,(H2,13,14). The fraction of sp³-hybridized carbons (Fsp3) is 0.182. The van der Waals surface area contributed by atoms with E-state index in [-0.39, 0.29) is 4.90 Å². The van der Waals surface area contributed by atoms with Gasteiger partial charge in [-0.3, -0.25) is 0 Å². The second-order valence-corrected chi connectivity index (χ2v) is 7.09. The molecule has 0 aliphatic carbocycles. The van der Waals surface area contributed by atoms with Crippen LogP contribution in [0.3, 0.4) is 0 Å². The van der Waals surface area contributed by atoms with Crippen LogP contribution in [0, 0.1) is 0 Å². The maximum absolute atomic E-state index is 11.9. The molecule has 0 unspecified atom stereocenters. The van der Waals surface area contributed by atoms with Gasteiger partial charge in [0.1, 0.15) is 0 Å². The van der Waals surface area contributed by atoms with Crippen LogP contribution in [0.15, 0.2) is 39.8 Å². The van der Waals surface area contributed by atoms with Crippen molar-refractivity contribution in [1.82, 2.24) is 14.1 Å². The van der Waals surface area contributed by atoms with E-state index in [1.807, 2.05) is 0 Å². The second kappa shape index (κ2) is 4.95. The Labute approximate surface area is 120 Å². The maximum atomic E-state index is 11.9. The van der Waals surface area contributed by atoms with Crippen LogP contribution < -0.4 is 5.73 Å². The molecule has 0 amide bonds. The zero-order valence-corrected chi connectivity index (χ0v) is 12.8. The van der Waals surface area contributed by atoms with Crippen LogP contribution in [0.1, 0.15) is 0 Å². The number of nitrogens with two attached hydrogens (primary N) is 1. The Hall–Kier alpha value is -1.38. The molecule has 0 fully saturated rings. The van der Waals surface area contributed by atoms with E-state index in [1.165, 1.54) is 30.5 Å². The molecule has 0 aliphatic rings. The van der Waals surface area contributed by atoms with Crippen molar-refractivity contribution in [3.05, 3.63) is 34.9 Å². The van der Waals surface area contributed by atoms with Crippen molar-refractivity contribution in [3.8, 4) is 5.69 Å². The van der Waals surface area contributed by atoms with Crippen molar-refractivity contribution in [1.29, 1.82) is 0 Å². The lowest BCUT2D eigenvalue weighted by molar-refractivity contribution is 0.520. The van der Waals surface area contributed by atoms with Gasteiger partial charge in [0.05, 0.1) is 15.1 Å². The fourth-order valence-electron chi connectivity index (χ4n) is 1.48. The highest BCUT2D eigenvalue weighted by atomic mass is 79.9. The van der Waals surface area contributed by atoms with Gasteiger partial charge in [-0.1, -0.05) is 0 Å². The van der Waals surface area contributed by atoms with Crippen LogP contribution >= 0.6 is 15.9 Å². The Morgan fingerprint density at radius 1 is 1.26 bits per heavy atom. The molecule has 0 saturated heterocycles. The Morgan fingerprint density at radius 2 is 1.84 bits per heavy atom. The number of aromatic nitrogens is 2. The first-order valence-corrected chi connectivity index (χ1v) is 7.59. The molecule has 6 nitrogen and oxygen atoms in total. The first-order valence-electron chi connectivity index (χ1n) is 5.36. The third-order valence-corrected chi connectivity index (χ3v) is 5.02. The van der Waals surface area contributed by atoms with Crippen molar-refractivity contribution >= 4 is 31.8 Å². The van der Waals surface area contributed by atoms with E-state index < -0.39 is 10.0 Å². The molecule has 1 aromatic carbocycles. The van der Waals surface area contributed by atoms with Gasteiger partial charge >= 0.3 is 0 Å². The summed E-state index contributed by atoms with van der Waals surface area (Å²) in [6.07, 6.45) is 1.71. The zero-order chi connectivity index (χ0) is 14.2. The van der Waals surface area contributed by atoms with Gasteiger partial charge in [0.15, 0.2) is 5.82 Å². The van der Waals surface area contributed by atoms with Crippen LogP contribution in [0.4, 0.5) is 5.82 Å². The maximum Gasteiger partial charge on any atom is 0.242 e. The molecule has 0 saturated carbocycles. The minimum Gasteiger partial charge on any atom is -0.381 e. The molecule has 2 aromatic rings. The van der Waals surface area contributed by atoms with Gasteiger partial charge < -0.3 is 5.73 Å². The summed E-state index contributed by atoms with van der Waals surface area (Å²) >= 11 is 3.27. The fourth-order valence-corrected chi connectivity index (χ4v) is 2.66. The predicted molar refractivity (Wildman–Crippen MR) is 76.5 cm³/mol. The summed E-state index contributed by atoms with van der Waals surface area (Å²) in [5.74, 6) is 0.380. The quantitative estimate of drug-likeness (QED) is 0.913. The van der Waals surface area contributed by atoms with Gasteiger partial charge in [-0.2, -0.15) is 0 Å². The average Bonchev–Trinajstić information content (AvgIpc) is 2.69. The summed E-state index contributed by atoms with van der Waals surface area (Å²) in [5, 5.41) is 4.10. The summed E-state index contributed by atoms with van der Waals surface area (Å²) in [5.41, 5.74) is 6.37. The first kappa shape index (κ1) is 14.0. The molecule has 2 N–H and O–H groups in total. The van der Waals surface area contributed by atoms with Gasteiger partial charge in [-0.05, 0) is 40.2 Å². The number of nitrogens with zero attached hydrogens (tertiary/aromatic N) is 3. The van der Waals surface area contributed by atoms with Crippen LogP contribution in [0.2, 0.25) is 0 Å². The topological polar surface area (TPSA) is 81.2 Å². The van der Waals surface area contributed by atoms with Gasteiger partial charge in [0, 0.05) is 20.3 Å². The van der Waals surface area contributed by atoms with E-state index in [0.29, 0.717) is 10.3 Å². The highest BCUT2D eigenvalue weighted by Gasteiger charge is 2.16.